The summed E-state index contributed by atoms with van der Waals surface area (Å²) in [4.78, 5) is 23.4. The van der Waals surface area contributed by atoms with E-state index >= 15 is 0 Å². The van der Waals surface area contributed by atoms with Crippen LogP contribution in [-0.2, 0) is 40.3 Å². The van der Waals surface area contributed by atoms with Crippen LogP contribution in [0.4, 0.5) is 4.39 Å². The van der Waals surface area contributed by atoms with Crippen molar-refractivity contribution in [2.24, 2.45) is 0 Å². The molecule has 3 heterocycles. The van der Waals surface area contributed by atoms with Crippen molar-refractivity contribution in [1.29, 1.82) is 0 Å². The van der Waals surface area contributed by atoms with Crippen molar-refractivity contribution in [2.45, 2.75) is 26.0 Å². The van der Waals surface area contributed by atoms with Crippen molar-refractivity contribution in [3.63, 3.8) is 0 Å². The molecule has 1 aliphatic rings. The molecule has 0 saturated heterocycles. The van der Waals surface area contributed by atoms with Crippen molar-refractivity contribution in [3.8, 4) is 5.75 Å². The molecule has 0 spiro atoms. The van der Waals surface area contributed by atoms with Gasteiger partial charge in [0.15, 0.2) is 11.6 Å². The van der Waals surface area contributed by atoms with E-state index in [1.165, 1.54) is 13.2 Å². The fourth-order valence-corrected chi connectivity index (χ4v) is 5.50. The third kappa shape index (κ3) is 5.80. The number of methoxy groups -OCH3 is 1. The summed E-state index contributed by atoms with van der Waals surface area (Å²) in [6.45, 7) is 2.28. The van der Waals surface area contributed by atoms with Gasteiger partial charge in [-0.3, -0.25) is 9.78 Å². The van der Waals surface area contributed by atoms with Gasteiger partial charge in [0.25, 0.3) is 0 Å². The molecule has 3 aromatic carbocycles. The smallest absolute Gasteiger partial charge is 0.248 e. The van der Waals surface area contributed by atoms with Gasteiger partial charge in [0.1, 0.15) is 6.61 Å². The van der Waals surface area contributed by atoms with Crippen LogP contribution >= 0.6 is 0 Å². The summed E-state index contributed by atoms with van der Waals surface area (Å²) >= 11 is 0. The molecular weight excluding hydrogens is 521 g/mol. The second-order valence-electron chi connectivity index (χ2n) is 10.2. The number of para-hydroxylation sites is 1. The third-order valence-corrected chi connectivity index (χ3v) is 7.54. The Hall–Kier alpha value is -4.27. The Balaban J connectivity index is 1.18. The number of nitrogens with zero attached hydrogens (tertiary/aromatic N) is 2. The van der Waals surface area contributed by atoms with Crippen molar-refractivity contribution in [2.75, 3.05) is 33.5 Å². The van der Waals surface area contributed by atoms with Gasteiger partial charge in [-0.1, -0.05) is 54.6 Å². The van der Waals surface area contributed by atoms with Crippen LogP contribution in [0.2, 0.25) is 0 Å². The lowest BCUT2D eigenvalue weighted by Gasteiger charge is -2.29. The Kier molecular flexibility index (Phi) is 7.93. The van der Waals surface area contributed by atoms with Gasteiger partial charge < -0.3 is 24.1 Å². The van der Waals surface area contributed by atoms with Gasteiger partial charge in [-0.05, 0) is 41.3 Å². The largest absolute Gasteiger partial charge is 0.494 e. The molecule has 6 rings (SSSR count). The normalized spacial score (nSPS) is 13.1. The lowest BCUT2D eigenvalue weighted by atomic mass is 9.96. The minimum absolute atomic E-state index is 0.00264. The highest BCUT2D eigenvalue weighted by Crippen LogP contribution is 2.35. The maximum atomic E-state index is 14.5. The van der Waals surface area contributed by atoms with Crippen LogP contribution in [0.3, 0.4) is 0 Å². The number of hydrogen-bond acceptors (Lipinski definition) is 5. The lowest BCUT2D eigenvalue weighted by Crippen LogP contribution is -2.39. The fourth-order valence-electron chi connectivity index (χ4n) is 5.50. The maximum Gasteiger partial charge on any atom is 0.248 e. The van der Waals surface area contributed by atoms with E-state index < -0.39 is 5.82 Å². The number of H-pyrrole nitrogens is 1. The second kappa shape index (κ2) is 12.1. The highest BCUT2D eigenvalue weighted by Gasteiger charge is 2.26. The van der Waals surface area contributed by atoms with Crippen molar-refractivity contribution < 1.29 is 23.4 Å². The monoisotopic (exact) mass is 553 g/mol. The first-order chi connectivity index (χ1) is 20.1. The second-order valence-corrected chi connectivity index (χ2v) is 10.2. The Morgan fingerprint density at radius 1 is 1.00 bits per heavy atom. The van der Waals surface area contributed by atoms with Crippen molar-refractivity contribution in [3.05, 3.63) is 107 Å². The molecule has 8 heteroatoms. The van der Waals surface area contributed by atoms with Crippen LogP contribution in [0.5, 0.6) is 5.75 Å². The van der Waals surface area contributed by atoms with Crippen molar-refractivity contribution in [1.82, 2.24) is 14.9 Å². The molecule has 0 radical (unpaired) electrons. The van der Waals surface area contributed by atoms with Gasteiger partial charge in [0.05, 0.1) is 50.4 Å². The van der Waals surface area contributed by atoms with Crippen LogP contribution in [0.15, 0.2) is 72.8 Å². The van der Waals surface area contributed by atoms with E-state index in [-0.39, 0.29) is 18.3 Å². The Morgan fingerprint density at radius 3 is 2.63 bits per heavy atom. The van der Waals surface area contributed by atoms with Gasteiger partial charge in [-0.15, -0.1) is 0 Å². The molecule has 1 aliphatic heterocycles. The molecule has 1 amide bonds. The van der Waals surface area contributed by atoms with Gasteiger partial charge in [0, 0.05) is 29.3 Å². The number of nitrogens with one attached hydrogen (secondary N) is 1. The quantitative estimate of drug-likeness (QED) is 0.229. The predicted molar refractivity (Wildman–Crippen MR) is 155 cm³/mol. The summed E-state index contributed by atoms with van der Waals surface area (Å²) in [7, 11) is 1.45. The number of aromatic nitrogens is 2. The van der Waals surface area contributed by atoms with Crippen LogP contribution in [0.25, 0.3) is 21.8 Å². The van der Waals surface area contributed by atoms with E-state index in [0.717, 1.165) is 49.9 Å². The number of pyridine rings is 1. The molecule has 7 nitrogen and oxygen atoms in total. The molecule has 2 aromatic heterocycles. The van der Waals surface area contributed by atoms with Crippen molar-refractivity contribution >= 4 is 27.7 Å². The number of carbonyl (C=O) groups excluding carboxylic acids is 1. The molecule has 0 fully saturated rings. The SMILES string of the molecule is COc1ccc(Cc2nc3c(c4c2[nH]c2ccccc24)CCN(C(=O)COCCOCc2ccccc2)C3)cc1F. The molecule has 5 aromatic rings. The standard InChI is InChI=1S/C33H32FN3O4/c1-39-30-12-11-23(17-26(30)34)18-28-33-32(24-9-5-6-10-27(24)36-33)25-13-14-37(19-29(25)35-28)31(38)21-41-16-15-40-20-22-7-3-2-4-8-22/h2-12,17,36H,13-16,18-21H2,1H3. The van der Waals surface area contributed by atoms with Gasteiger partial charge in [-0.25, -0.2) is 4.39 Å². The molecule has 1 N–H and O–H groups in total. The van der Waals surface area contributed by atoms with E-state index in [1.54, 1.807) is 11.0 Å². The molecule has 0 bridgehead atoms. The molecule has 210 valence electrons. The van der Waals surface area contributed by atoms with Gasteiger partial charge in [-0.2, -0.15) is 0 Å². The van der Waals surface area contributed by atoms with E-state index in [1.807, 2.05) is 48.5 Å². The molecule has 0 atom stereocenters. The molecule has 0 unspecified atom stereocenters. The molecular formula is C33H32FN3O4. The summed E-state index contributed by atoms with van der Waals surface area (Å²) in [6, 6.07) is 23.1. The molecule has 41 heavy (non-hydrogen) atoms. The number of rotatable bonds is 10. The minimum atomic E-state index is -0.405. The average Bonchev–Trinajstić information content (AvgIpc) is 3.39. The average molecular weight is 554 g/mol. The highest BCUT2D eigenvalue weighted by atomic mass is 19.1. The third-order valence-electron chi connectivity index (χ3n) is 7.54. The van der Waals surface area contributed by atoms with E-state index in [9.17, 15) is 9.18 Å². The predicted octanol–water partition coefficient (Wildman–Crippen LogP) is 5.57. The minimum Gasteiger partial charge on any atom is -0.494 e. The number of carbonyl (C=O) groups is 1. The Morgan fingerprint density at radius 2 is 1.80 bits per heavy atom. The number of benzene rings is 3. The van der Waals surface area contributed by atoms with Gasteiger partial charge in [0.2, 0.25) is 5.91 Å². The maximum absolute atomic E-state index is 14.5. The number of halogens is 1. The zero-order valence-corrected chi connectivity index (χ0v) is 23.0. The molecule has 0 saturated carbocycles. The summed E-state index contributed by atoms with van der Waals surface area (Å²) in [5.74, 6) is -0.265. The van der Waals surface area contributed by atoms with Crippen LogP contribution < -0.4 is 4.74 Å². The Bertz CT molecular complexity index is 1690. The number of fused-ring (bicyclic) bond motifs is 5. The topological polar surface area (TPSA) is 76.7 Å². The summed E-state index contributed by atoms with van der Waals surface area (Å²) < 4.78 is 30.8. The number of ether oxygens (including phenoxy) is 3. The van der Waals surface area contributed by atoms with Crippen LogP contribution in [0, 0.1) is 5.82 Å². The summed E-state index contributed by atoms with van der Waals surface area (Å²) in [6.07, 6.45) is 1.14. The first-order valence-corrected chi connectivity index (χ1v) is 13.8. The van der Waals surface area contributed by atoms with Crippen LogP contribution in [-0.4, -0.2) is 54.3 Å². The number of hydrogen-bond donors (Lipinski definition) is 1. The van der Waals surface area contributed by atoms with Crippen LogP contribution in [0.1, 0.15) is 28.1 Å². The van der Waals surface area contributed by atoms with E-state index in [0.29, 0.717) is 45.8 Å². The van der Waals surface area contributed by atoms with E-state index in [2.05, 4.69) is 17.1 Å². The Labute approximate surface area is 237 Å². The zero-order valence-electron chi connectivity index (χ0n) is 23.0. The van der Waals surface area contributed by atoms with E-state index in [4.69, 9.17) is 19.2 Å². The molecule has 0 aliphatic carbocycles. The fraction of sp³-hybridized carbons (Fsp3) is 0.273. The summed E-state index contributed by atoms with van der Waals surface area (Å²) in [5, 5.41) is 2.26. The highest BCUT2D eigenvalue weighted by molar-refractivity contribution is 6.10. The number of aromatic amines is 1. The first-order valence-electron chi connectivity index (χ1n) is 13.8. The zero-order chi connectivity index (χ0) is 28.2. The lowest BCUT2D eigenvalue weighted by molar-refractivity contribution is -0.137. The summed E-state index contributed by atoms with van der Waals surface area (Å²) in [5.41, 5.74) is 6.73. The number of amides is 1. The first kappa shape index (κ1) is 26.9. The van der Waals surface area contributed by atoms with Gasteiger partial charge >= 0.3 is 0 Å².